The molecule has 1 atom stereocenters. The zero-order valence-electron chi connectivity index (χ0n) is 18.2. The van der Waals surface area contributed by atoms with Crippen LogP contribution in [0.2, 0.25) is 0 Å². The van der Waals surface area contributed by atoms with E-state index in [0.717, 1.165) is 60.9 Å². The summed E-state index contributed by atoms with van der Waals surface area (Å²) in [7, 11) is 1.67. The van der Waals surface area contributed by atoms with Crippen LogP contribution in [0.25, 0.3) is 0 Å². The molecule has 5 nitrogen and oxygen atoms in total. The summed E-state index contributed by atoms with van der Waals surface area (Å²) in [5.41, 5.74) is 4.35. The molecule has 0 radical (unpaired) electrons. The third-order valence-corrected chi connectivity index (χ3v) is 6.25. The molecule has 0 N–H and O–H groups in total. The molecule has 1 fully saturated rings. The molecule has 1 saturated heterocycles. The number of rotatable bonds is 5. The zero-order chi connectivity index (χ0) is 21.1. The van der Waals surface area contributed by atoms with Gasteiger partial charge in [-0.3, -0.25) is 9.69 Å². The van der Waals surface area contributed by atoms with Crippen LogP contribution < -0.4 is 4.74 Å². The Hall–Kier alpha value is -2.66. The number of carbonyl (C=O) groups excluding carboxylic acids is 1. The van der Waals surface area contributed by atoms with Crippen molar-refractivity contribution in [3.63, 3.8) is 0 Å². The molecule has 0 unspecified atom stereocenters. The highest BCUT2D eigenvalue weighted by atomic mass is 16.5. The highest BCUT2D eigenvalue weighted by Gasteiger charge is 2.34. The van der Waals surface area contributed by atoms with Gasteiger partial charge in [0.15, 0.2) is 0 Å². The lowest BCUT2D eigenvalue weighted by Crippen LogP contribution is -2.41. The van der Waals surface area contributed by atoms with Crippen LogP contribution in [-0.4, -0.2) is 48.3 Å². The van der Waals surface area contributed by atoms with E-state index < -0.39 is 0 Å². The van der Waals surface area contributed by atoms with E-state index in [-0.39, 0.29) is 11.9 Å². The zero-order valence-corrected chi connectivity index (χ0v) is 18.2. The van der Waals surface area contributed by atoms with Crippen molar-refractivity contribution in [1.82, 2.24) is 9.91 Å². The first-order valence-corrected chi connectivity index (χ1v) is 10.9. The lowest BCUT2D eigenvalue weighted by Gasteiger charge is -2.31. The second kappa shape index (κ2) is 9.00. The van der Waals surface area contributed by atoms with Crippen LogP contribution in [0.1, 0.15) is 48.9 Å². The van der Waals surface area contributed by atoms with Crippen molar-refractivity contribution >= 4 is 11.6 Å². The Labute approximate surface area is 179 Å². The maximum Gasteiger partial charge on any atom is 0.257 e. The Morgan fingerprint density at radius 3 is 2.53 bits per heavy atom. The first kappa shape index (κ1) is 20.6. The van der Waals surface area contributed by atoms with Gasteiger partial charge in [-0.15, -0.1) is 0 Å². The number of likely N-dealkylation sites (tertiary alicyclic amines) is 1. The number of piperidine rings is 1. The van der Waals surface area contributed by atoms with Crippen molar-refractivity contribution in [2.24, 2.45) is 11.0 Å². The minimum absolute atomic E-state index is 0.0769. The molecule has 0 bridgehead atoms. The van der Waals surface area contributed by atoms with E-state index in [1.165, 1.54) is 5.56 Å². The number of methoxy groups -OCH3 is 1. The van der Waals surface area contributed by atoms with Gasteiger partial charge in [0.25, 0.3) is 5.91 Å². The number of hydrogen-bond donors (Lipinski definition) is 0. The van der Waals surface area contributed by atoms with Gasteiger partial charge in [-0.25, -0.2) is 5.01 Å². The van der Waals surface area contributed by atoms with E-state index in [1.807, 2.05) is 24.3 Å². The fourth-order valence-corrected chi connectivity index (χ4v) is 4.31. The van der Waals surface area contributed by atoms with Gasteiger partial charge in [-0.2, -0.15) is 5.10 Å². The number of ether oxygens (including phenoxy) is 1. The number of hydrazone groups is 1. The highest BCUT2D eigenvalue weighted by Crippen LogP contribution is 2.34. The maximum absolute atomic E-state index is 13.3. The van der Waals surface area contributed by atoms with Crippen molar-refractivity contribution in [1.29, 1.82) is 0 Å². The summed E-state index contributed by atoms with van der Waals surface area (Å²) in [6.07, 6.45) is 3.04. The Balaban J connectivity index is 1.58. The summed E-state index contributed by atoms with van der Waals surface area (Å²) in [4.78, 5) is 15.6. The van der Waals surface area contributed by atoms with Gasteiger partial charge >= 0.3 is 0 Å². The SMILES string of the molecule is COc1ccc([C@H]2CC(c3cccc(C)c3)=NN2C(=O)CN2CCC(C)CC2)cc1. The molecule has 2 aromatic carbocycles. The van der Waals surface area contributed by atoms with E-state index >= 15 is 0 Å². The molecule has 5 heteroatoms. The van der Waals surface area contributed by atoms with Gasteiger partial charge in [0.05, 0.1) is 25.4 Å². The van der Waals surface area contributed by atoms with Crippen molar-refractivity contribution in [3.05, 3.63) is 65.2 Å². The highest BCUT2D eigenvalue weighted by molar-refractivity contribution is 6.03. The predicted octanol–water partition coefficient (Wildman–Crippen LogP) is 4.41. The molecular formula is C25H31N3O2. The number of carbonyl (C=O) groups is 1. The fraction of sp³-hybridized carbons (Fsp3) is 0.440. The van der Waals surface area contributed by atoms with Gasteiger partial charge in [0, 0.05) is 6.42 Å². The quantitative estimate of drug-likeness (QED) is 0.740. The normalized spacial score (nSPS) is 20.3. The van der Waals surface area contributed by atoms with Crippen LogP contribution in [-0.2, 0) is 4.79 Å². The Kier molecular flexibility index (Phi) is 6.18. The van der Waals surface area contributed by atoms with E-state index in [4.69, 9.17) is 9.84 Å². The van der Waals surface area contributed by atoms with Crippen LogP contribution in [0.15, 0.2) is 53.6 Å². The standard InChI is InChI=1S/C25H31N3O2/c1-18-11-13-27(14-12-18)17-25(29)28-24(20-7-9-22(30-3)10-8-20)16-23(26-28)21-6-4-5-19(2)15-21/h4-10,15,18,24H,11-14,16-17H2,1-3H3/t24-/m1/s1. The van der Waals surface area contributed by atoms with Crippen LogP contribution >= 0.6 is 0 Å². The lowest BCUT2D eigenvalue weighted by atomic mass is 9.97. The fourth-order valence-electron chi connectivity index (χ4n) is 4.31. The molecule has 0 spiro atoms. The van der Waals surface area contributed by atoms with Crippen molar-refractivity contribution in [2.75, 3.05) is 26.7 Å². The number of nitrogens with zero attached hydrogens (tertiary/aromatic N) is 3. The monoisotopic (exact) mass is 405 g/mol. The topological polar surface area (TPSA) is 45.1 Å². The summed E-state index contributed by atoms with van der Waals surface area (Å²) in [6.45, 7) is 6.78. The molecule has 158 valence electrons. The van der Waals surface area contributed by atoms with Crippen molar-refractivity contribution in [2.45, 2.75) is 39.2 Å². The number of hydrogen-bond acceptors (Lipinski definition) is 4. The first-order valence-electron chi connectivity index (χ1n) is 10.9. The number of amides is 1. The average Bonchev–Trinajstić information content (AvgIpc) is 3.21. The molecular weight excluding hydrogens is 374 g/mol. The minimum atomic E-state index is -0.0809. The molecule has 0 aromatic heterocycles. The van der Waals surface area contributed by atoms with Crippen LogP contribution in [0.5, 0.6) is 5.75 Å². The van der Waals surface area contributed by atoms with Crippen LogP contribution in [0.3, 0.4) is 0 Å². The van der Waals surface area contributed by atoms with E-state index in [2.05, 4.69) is 43.0 Å². The van der Waals surface area contributed by atoms with Crippen molar-refractivity contribution < 1.29 is 9.53 Å². The molecule has 0 saturated carbocycles. The molecule has 30 heavy (non-hydrogen) atoms. The Bertz CT molecular complexity index is 914. The minimum Gasteiger partial charge on any atom is -0.497 e. The van der Waals surface area contributed by atoms with Crippen molar-refractivity contribution in [3.8, 4) is 5.75 Å². The molecule has 2 aromatic rings. The van der Waals surface area contributed by atoms with Gasteiger partial charge < -0.3 is 4.74 Å². The lowest BCUT2D eigenvalue weighted by molar-refractivity contribution is -0.134. The van der Waals surface area contributed by atoms with Gasteiger partial charge in [0.2, 0.25) is 0 Å². The van der Waals surface area contributed by atoms with E-state index in [1.54, 1.807) is 12.1 Å². The third kappa shape index (κ3) is 4.57. The predicted molar refractivity (Wildman–Crippen MR) is 120 cm³/mol. The van der Waals surface area contributed by atoms with Crippen LogP contribution in [0, 0.1) is 12.8 Å². The number of aryl methyl sites for hydroxylation is 1. The molecule has 2 aliphatic heterocycles. The van der Waals surface area contributed by atoms with E-state index in [0.29, 0.717) is 6.54 Å². The summed E-state index contributed by atoms with van der Waals surface area (Å²) in [5, 5.41) is 6.54. The third-order valence-electron chi connectivity index (χ3n) is 6.25. The second-order valence-corrected chi connectivity index (χ2v) is 8.61. The molecule has 4 rings (SSSR count). The van der Waals surface area contributed by atoms with Gasteiger partial charge in [-0.05, 0) is 62.0 Å². The summed E-state index contributed by atoms with van der Waals surface area (Å²) in [6, 6.07) is 16.3. The summed E-state index contributed by atoms with van der Waals surface area (Å²) < 4.78 is 5.30. The largest absolute Gasteiger partial charge is 0.497 e. The molecule has 1 amide bonds. The van der Waals surface area contributed by atoms with Crippen LogP contribution in [0.4, 0.5) is 0 Å². The molecule has 2 heterocycles. The smallest absolute Gasteiger partial charge is 0.257 e. The first-order chi connectivity index (χ1) is 14.5. The Morgan fingerprint density at radius 2 is 1.87 bits per heavy atom. The Morgan fingerprint density at radius 1 is 1.13 bits per heavy atom. The number of benzene rings is 2. The second-order valence-electron chi connectivity index (χ2n) is 8.61. The van der Waals surface area contributed by atoms with Gasteiger partial charge in [-0.1, -0.05) is 48.9 Å². The maximum atomic E-state index is 13.3. The average molecular weight is 406 g/mol. The molecule has 2 aliphatic rings. The van der Waals surface area contributed by atoms with Gasteiger partial charge in [0.1, 0.15) is 5.75 Å². The summed E-state index contributed by atoms with van der Waals surface area (Å²) in [5.74, 6) is 1.64. The summed E-state index contributed by atoms with van der Waals surface area (Å²) >= 11 is 0. The molecule has 0 aliphatic carbocycles. The van der Waals surface area contributed by atoms with E-state index in [9.17, 15) is 4.79 Å².